The molecule has 250 valence electrons. The molecule has 4 atom stereocenters. The summed E-state index contributed by atoms with van der Waals surface area (Å²) in [4.78, 5) is 68.9. The first kappa shape index (κ1) is 33.9. The molecule has 4 amide bonds. The maximum absolute atomic E-state index is 14.0. The number of fused-ring (bicyclic) bond motifs is 1. The van der Waals surface area contributed by atoms with E-state index in [4.69, 9.17) is 15.2 Å². The number of hydrogen-bond donors (Lipinski definition) is 5. The minimum absolute atomic E-state index is 0.0398. The van der Waals surface area contributed by atoms with Gasteiger partial charge in [-0.05, 0) is 42.5 Å². The number of amides is 4. The first-order valence-electron chi connectivity index (χ1n) is 15.7. The summed E-state index contributed by atoms with van der Waals surface area (Å²) in [7, 11) is 0. The summed E-state index contributed by atoms with van der Waals surface area (Å²) in [6.07, 6.45) is 0.812. The second kappa shape index (κ2) is 15.4. The Morgan fingerprint density at radius 2 is 1.42 bits per heavy atom. The number of aromatic nitrogens is 1. The number of alkyl carbamates (subject to hydrolysis) is 1. The highest BCUT2D eigenvalue weighted by atomic mass is 16.6. The van der Waals surface area contributed by atoms with E-state index in [1.165, 1.54) is 0 Å². The zero-order valence-electron chi connectivity index (χ0n) is 26.6. The van der Waals surface area contributed by atoms with Crippen LogP contribution in [-0.4, -0.2) is 64.9 Å². The molecule has 6 N–H and O–H groups in total. The van der Waals surface area contributed by atoms with Gasteiger partial charge >= 0.3 is 6.09 Å². The molecule has 0 bridgehead atoms. The number of H-pyrrole nitrogens is 1. The van der Waals surface area contributed by atoms with E-state index < -0.39 is 47.5 Å². The molecule has 12 nitrogen and oxygen atoms in total. The molecule has 4 aromatic rings. The van der Waals surface area contributed by atoms with Crippen LogP contribution < -0.4 is 21.7 Å². The number of carbonyl (C=O) groups excluding carboxylic acids is 5. The summed E-state index contributed by atoms with van der Waals surface area (Å²) in [5.41, 5.74) is 7.52. The predicted octanol–water partition coefficient (Wildman–Crippen LogP) is 2.84. The maximum atomic E-state index is 14.0. The van der Waals surface area contributed by atoms with E-state index in [0.29, 0.717) is 0 Å². The lowest BCUT2D eigenvalue weighted by Gasteiger charge is -2.26. The standard InChI is InChI=1S/C36H39N5O7/c1-36(22-48-36)32(43)29(18-23-10-4-2-5-11-23)39-34(45)30(19-25-20-38-27-15-9-8-14-26(25)27)40-33(44)28(16-17-31(37)42)41-35(46)47-21-24-12-6-3-7-13-24/h2-15,20,28-30,38H,16-19,21-22H2,1H3,(H2,37,42)(H,39,45)(H,40,44)(H,41,46)/t28?,29?,30-,36?/m0/s1. The van der Waals surface area contributed by atoms with Crippen molar-refractivity contribution in [2.75, 3.05) is 6.61 Å². The Balaban J connectivity index is 1.36. The van der Waals surface area contributed by atoms with Crippen LogP contribution in [-0.2, 0) is 48.1 Å². The normalized spacial score (nSPS) is 17.0. The fraction of sp³-hybridized carbons (Fsp3) is 0.306. The summed E-state index contributed by atoms with van der Waals surface area (Å²) in [6, 6.07) is 22.4. The van der Waals surface area contributed by atoms with Crippen LogP contribution in [0.25, 0.3) is 10.9 Å². The second-order valence-corrected chi connectivity index (χ2v) is 12.0. The molecule has 2 heterocycles. The molecule has 5 rings (SSSR count). The monoisotopic (exact) mass is 653 g/mol. The number of ether oxygens (including phenoxy) is 2. The van der Waals surface area contributed by atoms with Crippen LogP contribution in [0.1, 0.15) is 36.5 Å². The third-order valence-corrected chi connectivity index (χ3v) is 8.25. The lowest BCUT2D eigenvalue weighted by atomic mass is 9.94. The van der Waals surface area contributed by atoms with Crippen LogP contribution in [0.3, 0.4) is 0 Å². The number of benzene rings is 3. The Hall–Kier alpha value is -5.49. The Morgan fingerprint density at radius 3 is 2.08 bits per heavy atom. The zero-order valence-corrected chi connectivity index (χ0v) is 26.6. The molecule has 48 heavy (non-hydrogen) atoms. The highest BCUT2D eigenvalue weighted by molar-refractivity contribution is 5.99. The topological polar surface area (TPSA) is 185 Å². The molecule has 3 unspecified atom stereocenters. The van der Waals surface area contributed by atoms with Gasteiger partial charge in [-0.2, -0.15) is 0 Å². The summed E-state index contributed by atoms with van der Waals surface area (Å²) >= 11 is 0. The fourth-order valence-corrected chi connectivity index (χ4v) is 5.41. The van der Waals surface area contributed by atoms with Crippen molar-refractivity contribution in [1.82, 2.24) is 20.9 Å². The molecule has 1 saturated heterocycles. The zero-order chi connectivity index (χ0) is 34.1. The SMILES string of the molecule is CC1(C(=O)C(Cc2ccccc2)NC(=O)[C@H](Cc2c[nH]c3ccccc23)NC(=O)C(CCC(N)=O)NC(=O)OCc2ccccc2)CO1. The number of Topliss-reactive ketones (excluding diaryl/α,β-unsaturated/α-hetero) is 1. The van der Waals surface area contributed by atoms with Gasteiger partial charge in [0.25, 0.3) is 0 Å². The van der Waals surface area contributed by atoms with Crippen molar-refractivity contribution < 1.29 is 33.4 Å². The number of para-hydroxylation sites is 1. The van der Waals surface area contributed by atoms with Gasteiger partial charge in [0, 0.05) is 29.9 Å². The van der Waals surface area contributed by atoms with Crippen LogP contribution in [0.2, 0.25) is 0 Å². The van der Waals surface area contributed by atoms with Gasteiger partial charge in [0.2, 0.25) is 17.7 Å². The third kappa shape index (κ3) is 9.07. The minimum atomic E-state index is -1.25. The molecule has 1 aliphatic heterocycles. The van der Waals surface area contributed by atoms with Crippen molar-refractivity contribution in [3.63, 3.8) is 0 Å². The number of rotatable bonds is 16. The van der Waals surface area contributed by atoms with Crippen LogP contribution >= 0.6 is 0 Å². The fourth-order valence-electron chi connectivity index (χ4n) is 5.41. The lowest BCUT2D eigenvalue weighted by Crippen LogP contribution is -2.57. The predicted molar refractivity (Wildman–Crippen MR) is 177 cm³/mol. The van der Waals surface area contributed by atoms with Gasteiger partial charge in [-0.15, -0.1) is 0 Å². The molecule has 1 aliphatic rings. The molecule has 1 fully saturated rings. The van der Waals surface area contributed by atoms with Gasteiger partial charge in [0.1, 0.15) is 24.3 Å². The van der Waals surface area contributed by atoms with Crippen LogP contribution in [0.5, 0.6) is 0 Å². The number of nitrogens with two attached hydrogens (primary N) is 1. The van der Waals surface area contributed by atoms with Crippen molar-refractivity contribution in [3.05, 3.63) is 108 Å². The van der Waals surface area contributed by atoms with Gasteiger partial charge in [0.15, 0.2) is 5.78 Å². The van der Waals surface area contributed by atoms with E-state index in [-0.39, 0.29) is 44.7 Å². The van der Waals surface area contributed by atoms with Gasteiger partial charge in [-0.3, -0.25) is 19.2 Å². The Labute approximate surface area is 277 Å². The van der Waals surface area contributed by atoms with Gasteiger partial charge in [0.05, 0.1) is 12.6 Å². The average Bonchev–Trinajstić information content (AvgIpc) is 3.72. The second-order valence-electron chi connectivity index (χ2n) is 12.0. The molecule has 0 radical (unpaired) electrons. The first-order chi connectivity index (χ1) is 23.1. The van der Waals surface area contributed by atoms with Crippen molar-refractivity contribution in [2.24, 2.45) is 5.73 Å². The number of epoxide rings is 1. The molecule has 0 saturated carbocycles. The van der Waals surface area contributed by atoms with E-state index >= 15 is 0 Å². The molecule has 0 aliphatic carbocycles. The quantitative estimate of drug-likeness (QED) is 0.115. The average molecular weight is 654 g/mol. The van der Waals surface area contributed by atoms with E-state index in [1.807, 2.05) is 60.7 Å². The van der Waals surface area contributed by atoms with Gasteiger partial charge in [-0.1, -0.05) is 78.9 Å². The lowest BCUT2D eigenvalue weighted by molar-refractivity contribution is -0.133. The van der Waals surface area contributed by atoms with Crippen molar-refractivity contribution >= 4 is 40.5 Å². The van der Waals surface area contributed by atoms with Crippen LogP contribution in [0.4, 0.5) is 4.79 Å². The summed E-state index contributed by atoms with van der Waals surface area (Å²) in [5.74, 6) is -2.28. The largest absolute Gasteiger partial charge is 0.445 e. The first-order valence-corrected chi connectivity index (χ1v) is 15.7. The maximum Gasteiger partial charge on any atom is 0.408 e. The summed E-state index contributed by atoms with van der Waals surface area (Å²) in [6.45, 7) is 1.88. The number of primary amides is 1. The van der Waals surface area contributed by atoms with Gasteiger partial charge < -0.3 is 36.1 Å². The van der Waals surface area contributed by atoms with Crippen molar-refractivity contribution in [2.45, 2.75) is 62.9 Å². The van der Waals surface area contributed by atoms with Crippen molar-refractivity contribution in [1.29, 1.82) is 0 Å². The smallest absolute Gasteiger partial charge is 0.408 e. The number of ketones is 1. The summed E-state index contributed by atoms with van der Waals surface area (Å²) in [5, 5.41) is 8.98. The van der Waals surface area contributed by atoms with Crippen molar-refractivity contribution in [3.8, 4) is 0 Å². The number of carbonyl (C=O) groups is 5. The van der Waals surface area contributed by atoms with Crippen LogP contribution in [0.15, 0.2) is 91.1 Å². The highest BCUT2D eigenvalue weighted by Crippen LogP contribution is 2.29. The molecule has 0 spiro atoms. The van der Waals surface area contributed by atoms with Gasteiger partial charge in [-0.25, -0.2) is 4.79 Å². The Bertz CT molecular complexity index is 1750. The molecular weight excluding hydrogens is 614 g/mol. The highest BCUT2D eigenvalue weighted by Gasteiger charge is 2.50. The van der Waals surface area contributed by atoms with E-state index in [1.54, 1.807) is 37.4 Å². The molecular formula is C36H39N5O7. The molecule has 12 heteroatoms. The third-order valence-electron chi connectivity index (χ3n) is 8.25. The number of hydrogen-bond acceptors (Lipinski definition) is 7. The number of aromatic amines is 1. The van der Waals surface area contributed by atoms with E-state index in [0.717, 1.165) is 27.6 Å². The number of nitrogens with one attached hydrogen (secondary N) is 4. The van der Waals surface area contributed by atoms with E-state index in [9.17, 15) is 24.0 Å². The minimum Gasteiger partial charge on any atom is -0.445 e. The van der Waals surface area contributed by atoms with E-state index in [2.05, 4.69) is 20.9 Å². The summed E-state index contributed by atoms with van der Waals surface area (Å²) < 4.78 is 10.7. The Kier molecular flexibility index (Phi) is 10.9. The molecule has 1 aromatic heterocycles. The Morgan fingerprint density at radius 1 is 0.812 bits per heavy atom. The molecule has 3 aromatic carbocycles. The van der Waals surface area contributed by atoms with Crippen LogP contribution in [0, 0.1) is 0 Å².